The quantitative estimate of drug-likeness (QED) is 0.640. The molecule has 0 aliphatic carbocycles. The molecule has 0 heterocycles. The van der Waals surface area contributed by atoms with Gasteiger partial charge in [-0.2, -0.15) is 0 Å². The van der Waals surface area contributed by atoms with Gasteiger partial charge < -0.3 is 4.90 Å². The Balaban J connectivity index is 2.52. The van der Waals surface area contributed by atoms with E-state index in [1.54, 1.807) is 11.9 Å². The number of carbonyl (C=O) groups is 1. The van der Waals surface area contributed by atoms with Crippen molar-refractivity contribution in [1.29, 1.82) is 0 Å². The molecule has 0 unspecified atom stereocenters. The topological polar surface area (TPSA) is 46.3 Å². The molecule has 0 aliphatic rings. The zero-order valence-electron chi connectivity index (χ0n) is 9.85. The Morgan fingerprint density at radius 1 is 1.47 bits per heavy atom. The van der Waals surface area contributed by atoms with E-state index < -0.39 is 0 Å². The van der Waals surface area contributed by atoms with Crippen LogP contribution in [0.25, 0.3) is 0 Å². The van der Waals surface area contributed by atoms with Crippen molar-refractivity contribution >= 4 is 17.9 Å². The molecule has 3 nitrogen and oxygen atoms in total. The van der Waals surface area contributed by atoms with Gasteiger partial charge in [-0.3, -0.25) is 9.93 Å². The predicted molar refractivity (Wildman–Crippen MR) is 71.0 cm³/mol. The van der Waals surface area contributed by atoms with Crippen LogP contribution >= 0.6 is 11.9 Å². The maximum Gasteiger partial charge on any atom is 0.223 e. The van der Waals surface area contributed by atoms with Crippen LogP contribution in [0.1, 0.15) is 18.4 Å². The normalized spacial score (nSPS) is 9.71. The minimum atomic E-state index is 0.0697. The zero-order chi connectivity index (χ0) is 12.7. The first-order chi connectivity index (χ1) is 8.17. The number of amides is 1. The first-order valence-electron chi connectivity index (χ1n) is 5.30. The van der Waals surface area contributed by atoms with Gasteiger partial charge in [-0.15, -0.1) is 12.3 Å². The summed E-state index contributed by atoms with van der Waals surface area (Å²) < 4.78 is 0. The molecule has 0 saturated heterocycles. The smallest absolute Gasteiger partial charge is 0.223 e. The summed E-state index contributed by atoms with van der Waals surface area (Å²) in [6.45, 7) is 0.596. The van der Waals surface area contributed by atoms with Crippen molar-refractivity contribution in [3.63, 3.8) is 0 Å². The van der Waals surface area contributed by atoms with E-state index in [4.69, 9.17) is 11.6 Å². The van der Waals surface area contributed by atoms with Crippen molar-refractivity contribution in [3.05, 3.63) is 29.8 Å². The van der Waals surface area contributed by atoms with Crippen LogP contribution in [0.2, 0.25) is 0 Å². The van der Waals surface area contributed by atoms with Crippen LogP contribution in [0.4, 0.5) is 0 Å². The summed E-state index contributed by atoms with van der Waals surface area (Å²) in [6.07, 6.45) is 6.03. The summed E-state index contributed by atoms with van der Waals surface area (Å²) in [5.74, 6) is 2.54. The molecule has 0 radical (unpaired) electrons. The second kappa shape index (κ2) is 7.00. The number of nitrogens with two attached hydrogens (primary N) is 1. The van der Waals surface area contributed by atoms with E-state index >= 15 is 0 Å². The molecule has 0 aromatic heterocycles. The van der Waals surface area contributed by atoms with Crippen LogP contribution in [0.5, 0.6) is 0 Å². The van der Waals surface area contributed by atoms with Gasteiger partial charge in [0, 0.05) is 31.3 Å². The van der Waals surface area contributed by atoms with Crippen molar-refractivity contribution < 1.29 is 4.79 Å². The first-order valence-corrected chi connectivity index (χ1v) is 6.18. The van der Waals surface area contributed by atoms with Crippen LogP contribution in [-0.2, 0) is 11.3 Å². The summed E-state index contributed by atoms with van der Waals surface area (Å²) >= 11 is 1.21. The lowest BCUT2D eigenvalue weighted by Crippen LogP contribution is -2.25. The fraction of sp³-hybridized carbons (Fsp3) is 0.308. The summed E-state index contributed by atoms with van der Waals surface area (Å²) in [5, 5.41) is 5.44. The summed E-state index contributed by atoms with van der Waals surface area (Å²) in [6, 6.07) is 7.83. The standard InChI is InChI=1S/C13H16N2OS/c1-3-4-5-13(16)15(2)10-11-6-8-12(17-14)9-7-11/h1,6-9H,4-5,10,14H2,2H3. The van der Waals surface area contributed by atoms with Crippen LogP contribution in [-0.4, -0.2) is 17.9 Å². The van der Waals surface area contributed by atoms with E-state index in [-0.39, 0.29) is 5.91 Å². The van der Waals surface area contributed by atoms with E-state index in [0.29, 0.717) is 19.4 Å². The van der Waals surface area contributed by atoms with Gasteiger partial charge in [-0.05, 0) is 29.6 Å². The predicted octanol–water partition coefficient (Wildman–Crippen LogP) is 2.02. The molecule has 1 aromatic carbocycles. The summed E-state index contributed by atoms with van der Waals surface area (Å²) in [7, 11) is 1.78. The molecule has 17 heavy (non-hydrogen) atoms. The van der Waals surface area contributed by atoms with Crippen molar-refractivity contribution in [2.45, 2.75) is 24.3 Å². The van der Waals surface area contributed by atoms with E-state index in [0.717, 1.165) is 10.5 Å². The molecule has 0 saturated carbocycles. The van der Waals surface area contributed by atoms with E-state index in [1.807, 2.05) is 24.3 Å². The Morgan fingerprint density at radius 2 is 2.12 bits per heavy atom. The van der Waals surface area contributed by atoms with Gasteiger partial charge in [0.25, 0.3) is 0 Å². The molecule has 1 amide bonds. The lowest BCUT2D eigenvalue weighted by atomic mass is 10.2. The molecule has 4 heteroatoms. The number of hydrogen-bond acceptors (Lipinski definition) is 3. The van der Waals surface area contributed by atoms with Crippen molar-refractivity contribution in [2.24, 2.45) is 5.14 Å². The zero-order valence-corrected chi connectivity index (χ0v) is 10.7. The van der Waals surface area contributed by atoms with Gasteiger partial charge in [0.2, 0.25) is 5.91 Å². The largest absolute Gasteiger partial charge is 0.341 e. The second-order valence-corrected chi connectivity index (χ2v) is 4.42. The molecule has 2 N–H and O–H groups in total. The molecule has 90 valence electrons. The summed E-state index contributed by atoms with van der Waals surface area (Å²) in [4.78, 5) is 14.3. The Kier molecular flexibility index (Phi) is 5.61. The number of benzene rings is 1. The highest BCUT2D eigenvalue weighted by Gasteiger charge is 2.08. The average Bonchev–Trinajstić information content (AvgIpc) is 2.36. The monoisotopic (exact) mass is 248 g/mol. The maximum absolute atomic E-state index is 11.6. The Bertz CT molecular complexity index is 408. The van der Waals surface area contributed by atoms with E-state index in [2.05, 4.69) is 5.92 Å². The number of rotatable bonds is 5. The maximum atomic E-state index is 11.6. The third kappa shape index (κ3) is 4.51. The number of hydrogen-bond donors (Lipinski definition) is 1. The molecule has 1 aromatic rings. The van der Waals surface area contributed by atoms with Gasteiger partial charge in [0.1, 0.15) is 0 Å². The van der Waals surface area contributed by atoms with Gasteiger partial charge in [0.15, 0.2) is 0 Å². The molecule has 0 fully saturated rings. The molecule has 0 atom stereocenters. The lowest BCUT2D eigenvalue weighted by molar-refractivity contribution is -0.130. The third-order valence-electron chi connectivity index (χ3n) is 2.39. The highest BCUT2D eigenvalue weighted by atomic mass is 32.2. The van der Waals surface area contributed by atoms with Crippen LogP contribution in [0.15, 0.2) is 29.2 Å². The molecular weight excluding hydrogens is 232 g/mol. The average molecular weight is 248 g/mol. The Labute approximate surface area is 107 Å². The third-order valence-corrected chi connectivity index (χ3v) is 2.93. The SMILES string of the molecule is C#CCCC(=O)N(C)Cc1ccc(SN)cc1. The highest BCUT2D eigenvalue weighted by molar-refractivity contribution is 7.97. The lowest BCUT2D eigenvalue weighted by Gasteiger charge is -2.16. The van der Waals surface area contributed by atoms with Gasteiger partial charge in [-0.25, -0.2) is 0 Å². The molecule has 0 bridgehead atoms. The Morgan fingerprint density at radius 3 is 2.65 bits per heavy atom. The van der Waals surface area contributed by atoms with Gasteiger partial charge in [0.05, 0.1) is 0 Å². The minimum absolute atomic E-state index is 0.0697. The van der Waals surface area contributed by atoms with Crippen LogP contribution in [0, 0.1) is 12.3 Å². The van der Waals surface area contributed by atoms with Gasteiger partial charge >= 0.3 is 0 Å². The number of terminal acetylenes is 1. The molecule has 0 aliphatic heterocycles. The molecule has 1 rings (SSSR count). The number of carbonyl (C=O) groups excluding carboxylic acids is 1. The molecular formula is C13H16N2OS. The van der Waals surface area contributed by atoms with E-state index in [9.17, 15) is 4.79 Å². The fourth-order valence-corrected chi connectivity index (χ4v) is 1.70. The van der Waals surface area contributed by atoms with Crippen molar-refractivity contribution in [2.75, 3.05) is 7.05 Å². The minimum Gasteiger partial charge on any atom is -0.341 e. The van der Waals surface area contributed by atoms with Crippen molar-refractivity contribution in [3.8, 4) is 12.3 Å². The fourth-order valence-electron chi connectivity index (χ4n) is 1.41. The Hall–Kier alpha value is -1.44. The second-order valence-electron chi connectivity index (χ2n) is 3.72. The highest BCUT2D eigenvalue weighted by Crippen LogP contribution is 2.13. The van der Waals surface area contributed by atoms with Crippen molar-refractivity contribution in [1.82, 2.24) is 4.90 Å². The van der Waals surface area contributed by atoms with Gasteiger partial charge in [-0.1, -0.05) is 12.1 Å². The van der Waals surface area contributed by atoms with Crippen LogP contribution in [0.3, 0.4) is 0 Å². The van der Waals surface area contributed by atoms with E-state index in [1.165, 1.54) is 11.9 Å². The number of nitrogens with zero attached hydrogens (tertiary/aromatic N) is 1. The summed E-state index contributed by atoms with van der Waals surface area (Å²) in [5.41, 5.74) is 1.08. The molecule has 0 spiro atoms. The van der Waals surface area contributed by atoms with Crippen LogP contribution < -0.4 is 5.14 Å². The first kappa shape index (κ1) is 13.6.